The number of rotatable bonds is 5. The van der Waals surface area contributed by atoms with Gasteiger partial charge in [-0.05, 0) is 34.4 Å². The Labute approximate surface area is 148 Å². The van der Waals surface area contributed by atoms with E-state index >= 15 is 0 Å². The average molecular weight is 338 g/mol. The van der Waals surface area contributed by atoms with Gasteiger partial charge >= 0.3 is 5.97 Å². The number of ether oxygens (including phenoxy) is 1. The molecule has 0 saturated heterocycles. The maximum atomic E-state index is 11.1. The summed E-state index contributed by atoms with van der Waals surface area (Å²) in [6.45, 7) is 1.56. The number of fused-ring (bicyclic) bond motifs is 2. The molecule has 0 saturated carbocycles. The van der Waals surface area contributed by atoms with Crippen molar-refractivity contribution < 1.29 is 19.5 Å². The lowest BCUT2D eigenvalue weighted by atomic mass is 9.92. The van der Waals surface area contributed by atoms with Crippen LogP contribution in [-0.4, -0.2) is 31.7 Å². The predicted molar refractivity (Wildman–Crippen MR) is 97.9 cm³/mol. The van der Waals surface area contributed by atoms with E-state index in [1.54, 1.807) is 0 Å². The molecule has 0 spiro atoms. The van der Waals surface area contributed by atoms with E-state index < -0.39 is 5.97 Å². The Morgan fingerprint density at radius 1 is 1.20 bits per heavy atom. The molecule has 2 N–H and O–H groups in total. The molecule has 1 aliphatic rings. The van der Waals surface area contributed by atoms with Crippen LogP contribution < -0.4 is 9.64 Å². The van der Waals surface area contributed by atoms with Gasteiger partial charge in [0.25, 0.3) is 0 Å². The molecule has 0 amide bonds. The van der Waals surface area contributed by atoms with Gasteiger partial charge in [-0.1, -0.05) is 36.4 Å². The van der Waals surface area contributed by atoms with Crippen molar-refractivity contribution in [1.82, 2.24) is 0 Å². The van der Waals surface area contributed by atoms with Crippen LogP contribution in [0, 0.1) is 0 Å². The lowest BCUT2D eigenvalue weighted by Gasteiger charge is -2.13. The molecule has 1 aliphatic heterocycles. The summed E-state index contributed by atoms with van der Waals surface area (Å²) < 4.78 is 6.00. The fourth-order valence-corrected chi connectivity index (χ4v) is 3.13. The van der Waals surface area contributed by atoms with Gasteiger partial charge in [0, 0.05) is 12.0 Å². The van der Waals surface area contributed by atoms with Crippen molar-refractivity contribution in [3.8, 4) is 5.75 Å². The Hall–Kier alpha value is -2.59. The van der Waals surface area contributed by atoms with Crippen molar-refractivity contribution in [3.63, 3.8) is 0 Å². The highest BCUT2D eigenvalue weighted by Gasteiger charge is 2.19. The number of aliphatic carboxylic acids is 1. The van der Waals surface area contributed by atoms with Crippen molar-refractivity contribution in [2.24, 2.45) is 0 Å². The average Bonchev–Trinajstić information content (AvgIpc) is 2.72. The number of hydrogen-bond donors (Lipinski definition) is 2. The number of benzene rings is 2. The zero-order valence-electron chi connectivity index (χ0n) is 14.7. The molecule has 25 heavy (non-hydrogen) atoms. The Morgan fingerprint density at radius 2 is 2.00 bits per heavy atom. The summed E-state index contributed by atoms with van der Waals surface area (Å²) in [4.78, 5) is 12.5. The number of carboxylic acids is 1. The van der Waals surface area contributed by atoms with E-state index in [1.807, 2.05) is 30.3 Å². The van der Waals surface area contributed by atoms with Crippen LogP contribution in [0.15, 0.2) is 48.5 Å². The van der Waals surface area contributed by atoms with Crippen molar-refractivity contribution in [2.75, 3.05) is 20.6 Å². The highest BCUT2D eigenvalue weighted by Crippen LogP contribution is 2.37. The normalized spacial score (nSPS) is 14.6. The second-order valence-electron chi connectivity index (χ2n) is 6.71. The van der Waals surface area contributed by atoms with Gasteiger partial charge < -0.3 is 14.7 Å². The fourth-order valence-electron chi connectivity index (χ4n) is 3.13. The number of carbonyl (C=O) groups is 1. The summed E-state index contributed by atoms with van der Waals surface area (Å²) in [6, 6.07) is 14.0. The standard InChI is InChI=1S/C21H23NO3/c1-22(2)11-5-8-18-17-7-4-3-6-16(17)14-25-20-10-9-15(12-19(18)20)13-21(23)24/h3-4,6-10,12H,5,11,13-14H2,1-2H3,(H,23,24)/p+1/b18-8-. The first-order valence-electron chi connectivity index (χ1n) is 8.60. The van der Waals surface area contributed by atoms with E-state index in [4.69, 9.17) is 9.84 Å². The van der Waals surface area contributed by atoms with Gasteiger partial charge in [-0.15, -0.1) is 0 Å². The fraction of sp³-hybridized carbons (Fsp3) is 0.286. The molecule has 0 radical (unpaired) electrons. The van der Waals surface area contributed by atoms with Gasteiger partial charge in [0.1, 0.15) is 12.4 Å². The molecule has 3 rings (SSSR count). The molecular formula is C21H24NO3+. The lowest BCUT2D eigenvalue weighted by Crippen LogP contribution is -3.05. The molecule has 4 heteroatoms. The summed E-state index contributed by atoms with van der Waals surface area (Å²) in [5.74, 6) is -0.00887. The number of hydrogen-bond acceptors (Lipinski definition) is 2. The second kappa shape index (κ2) is 7.53. The van der Waals surface area contributed by atoms with Gasteiger partial charge in [0.05, 0.1) is 27.1 Å². The third-order valence-corrected chi connectivity index (χ3v) is 4.37. The van der Waals surface area contributed by atoms with Crippen LogP contribution in [0.25, 0.3) is 5.57 Å². The molecular weight excluding hydrogens is 314 g/mol. The first kappa shape index (κ1) is 17.2. The van der Waals surface area contributed by atoms with Crippen LogP contribution in [0.3, 0.4) is 0 Å². The highest BCUT2D eigenvalue weighted by molar-refractivity contribution is 5.85. The molecule has 0 fully saturated rings. The summed E-state index contributed by atoms with van der Waals surface area (Å²) in [5.41, 5.74) is 5.23. The van der Waals surface area contributed by atoms with E-state index in [1.165, 1.54) is 10.5 Å². The minimum Gasteiger partial charge on any atom is -0.488 e. The van der Waals surface area contributed by atoms with Gasteiger partial charge in [0.15, 0.2) is 0 Å². The predicted octanol–water partition coefficient (Wildman–Crippen LogP) is 2.17. The number of nitrogens with one attached hydrogen (secondary N) is 1. The van der Waals surface area contributed by atoms with E-state index in [0.29, 0.717) is 6.61 Å². The van der Waals surface area contributed by atoms with Crippen LogP contribution in [0.4, 0.5) is 0 Å². The zero-order valence-corrected chi connectivity index (χ0v) is 14.7. The van der Waals surface area contributed by atoms with Crippen LogP contribution in [0.5, 0.6) is 5.75 Å². The van der Waals surface area contributed by atoms with Crippen LogP contribution in [-0.2, 0) is 17.8 Å². The molecule has 0 atom stereocenters. The van der Waals surface area contributed by atoms with E-state index in [0.717, 1.165) is 41.0 Å². The molecule has 1 heterocycles. The molecule has 0 unspecified atom stereocenters. The SMILES string of the molecule is C[NH+](C)CC/C=C1/c2ccccc2COc2ccc(CC(=O)O)cc21. The minimum absolute atomic E-state index is 0.0179. The van der Waals surface area contributed by atoms with Crippen molar-refractivity contribution in [2.45, 2.75) is 19.4 Å². The molecule has 0 aliphatic carbocycles. The largest absolute Gasteiger partial charge is 0.488 e. The minimum atomic E-state index is -0.823. The van der Waals surface area contributed by atoms with Gasteiger partial charge in [0.2, 0.25) is 0 Å². The molecule has 2 aromatic carbocycles. The third kappa shape index (κ3) is 4.09. The van der Waals surface area contributed by atoms with Crippen LogP contribution >= 0.6 is 0 Å². The summed E-state index contributed by atoms with van der Waals surface area (Å²) in [5, 5.41) is 9.10. The summed E-state index contributed by atoms with van der Waals surface area (Å²) in [6.07, 6.45) is 3.22. The monoisotopic (exact) mass is 338 g/mol. The first-order chi connectivity index (χ1) is 12.0. The van der Waals surface area contributed by atoms with Crippen molar-refractivity contribution in [1.29, 1.82) is 0 Å². The van der Waals surface area contributed by atoms with Crippen molar-refractivity contribution >= 4 is 11.5 Å². The summed E-state index contributed by atoms with van der Waals surface area (Å²) >= 11 is 0. The Morgan fingerprint density at radius 3 is 2.76 bits per heavy atom. The smallest absolute Gasteiger partial charge is 0.307 e. The maximum Gasteiger partial charge on any atom is 0.307 e. The Bertz CT molecular complexity index is 809. The van der Waals surface area contributed by atoms with E-state index in [-0.39, 0.29) is 6.42 Å². The Kier molecular flexibility index (Phi) is 5.19. The van der Waals surface area contributed by atoms with Crippen LogP contribution in [0.2, 0.25) is 0 Å². The molecule has 130 valence electrons. The van der Waals surface area contributed by atoms with Gasteiger partial charge in [-0.2, -0.15) is 0 Å². The second-order valence-corrected chi connectivity index (χ2v) is 6.71. The Balaban J connectivity index is 2.08. The lowest BCUT2D eigenvalue weighted by molar-refractivity contribution is -0.857. The highest BCUT2D eigenvalue weighted by atomic mass is 16.5. The number of carboxylic acid groups (broad SMARTS) is 1. The quantitative estimate of drug-likeness (QED) is 0.878. The molecule has 0 bridgehead atoms. The van der Waals surface area contributed by atoms with E-state index in [9.17, 15) is 4.79 Å². The van der Waals surface area contributed by atoms with Crippen LogP contribution in [0.1, 0.15) is 28.7 Å². The van der Waals surface area contributed by atoms with Gasteiger partial charge in [-0.3, -0.25) is 4.79 Å². The molecule has 0 aromatic heterocycles. The maximum absolute atomic E-state index is 11.1. The molecule has 2 aromatic rings. The third-order valence-electron chi connectivity index (χ3n) is 4.37. The first-order valence-corrected chi connectivity index (χ1v) is 8.60. The molecule has 4 nitrogen and oxygen atoms in total. The van der Waals surface area contributed by atoms with Crippen molar-refractivity contribution in [3.05, 3.63) is 70.8 Å². The van der Waals surface area contributed by atoms with E-state index in [2.05, 4.69) is 32.3 Å². The number of quaternary nitrogens is 1. The topological polar surface area (TPSA) is 51.0 Å². The van der Waals surface area contributed by atoms with Gasteiger partial charge in [-0.25, -0.2) is 0 Å². The zero-order chi connectivity index (χ0) is 17.8. The summed E-state index contributed by atoms with van der Waals surface area (Å²) in [7, 11) is 4.28.